The summed E-state index contributed by atoms with van der Waals surface area (Å²) in [5.41, 5.74) is 0.911. The lowest BCUT2D eigenvalue weighted by Gasteiger charge is -2.00. The van der Waals surface area contributed by atoms with Crippen molar-refractivity contribution >= 4 is 47.2 Å². The van der Waals surface area contributed by atoms with E-state index in [4.69, 9.17) is 0 Å². The number of hydrogen-bond acceptors (Lipinski definition) is 3. The van der Waals surface area contributed by atoms with Crippen LogP contribution < -0.4 is 0 Å². The number of thiophene rings is 1. The Morgan fingerprint density at radius 3 is 2.81 bits per heavy atom. The largest absolute Gasteiger partial charge is 0.229 e. The van der Waals surface area contributed by atoms with E-state index in [1.165, 1.54) is 0 Å². The highest BCUT2D eigenvalue weighted by atomic mass is 79.9. The van der Waals surface area contributed by atoms with Crippen molar-refractivity contribution in [1.82, 2.24) is 0 Å². The Morgan fingerprint density at radius 1 is 1.38 bits per heavy atom. The van der Waals surface area contributed by atoms with Crippen LogP contribution in [0.1, 0.15) is 12.5 Å². The molecule has 0 aliphatic carbocycles. The van der Waals surface area contributed by atoms with Crippen molar-refractivity contribution in [1.29, 1.82) is 0 Å². The van der Waals surface area contributed by atoms with Crippen molar-refractivity contribution in [3.63, 3.8) is 0 Å². The second-order valence-electron chi connectivity index (χ2n) is 3.58. The first-order chi connectivity index (χ1) is 7.52. The molecule has 1 aromatic carbocycles. The van der Waals surface area contributed by atoms with Crippen LogP contribution in [-0.2, 0) is 15.6 Å². The third-order valence-electron chi connectivity index (χ3n) is 2.43. The zero-order chi connectivity index (χ0) is 11.8. The van der Waals surface area contributed by atoms with Crippen LogP contribution in [0.25, 0.3) is 10.1 Å². The van der Waals surface area contributed by atoms with E-state index in [0.717, 1.165) is 20.1 Å². The summed E-state index contributed by atoms with van der Waals surface area (Å²) in [7, 11) is -2.95. The Bertz CT molecular complexity index is 614. The number of halogens is 1. The number of benzene rings is 1. The maximum Gasteiger partial charge on any atom is 0.154 e. The Kier molecular flexibility index (Phi) is 3.37. The molecular formula is C11H11BrO2S2. The van der Waals surface area contributed by atoms with Crippen molar-refractivity contribution in [3.8, 4) is 0 Å². The van der Waals surface area contributed by atoms with E-state index in [-0.39, 0.29) is 11.5 Å². The fraction of sp³-hybridized carbons (Fsp3) is 0.273. The summed E-state index contributed by atoms with van der Waals surface area (Å²) in [5.74, 6) is 0.339. The number of fused-ring (bicyclic) bond motifs is 1. The van der Waals surface area contributed by atoms with E-state index in [1.807, 2.05) is 23.6 Å². The van der Waals surface area contributed by atoms with E-state index < -0.39 is 9.84 Å². The molecule has 0 saturated carbocycles. The minimum Gasteiger partial charge on any atom is -0.229 e. The van der Waals surface area contributed by atoms with Gasteiger partial charge in [-0.15, -0.1) is 11.3 Å². The topological polar surface area (TPSA) is 34.1 Å². The van der Waals surface area contributed by atoms with Gasteiger partial charge in [-0.1, -0.05) is 28.9 Å². The summed E-state index contributed by atoms with van der Waals surface area (Å²) < 4.78 is 25.3. The molecule has 2 rings (SSSR count). The molecule has 0 amide bonds. The number of rotatable bonds is 3. The van der Waals surface area contributed by atoms with Gasteiger partial charge in [0.2, 0.25) is 0 Å². The molecule has 0 aliphatic heterocycles. The highest BCUT2D eigenvalue weighted by Gasteiger charge is 2.12. The zero-order valence-electron chi connectivity index (χ0n) is 8.73. The Hall–Kier alpha value is -0.390. The Morgan fingerprint density at radius 2 is 2.12 bits per heavy atom. The average molecular weight is 319 g/mol. The minimum absolute atomic E-state index is 0.144. The molecule has 86 valence electrons. The molecule has 0 radical (unpaired) electrons. The summed E-state index contributed by atoms with van der Waals surface area (Å²) in [6, 6.07) is 5.93. The van der Waals surface area contributed by atoms with Gasteiger partial charge in [0.25, 0.3) is 0 Å². The first-order valence-corrected chi connectivity index (χ1v) is 8.37. The Balaban J connectivity index is 2.47. The molecule has 0 saturated heterocycles. The maximum atomic E-state index is 11.6. The average Bonchev–Trinajstić information content (AvgIpc) is 2.60. The van der Waals surface area contributed by atoms with E-state index in [9.17, 15) is 8.42 Å². The summed E-state index contributed by atoms with van der Waals surface area (Å²) in [4.78, 5) is 0. The van der Waals surface area contributed by atoms with Crippen molar-refractivity contribution in [2.75, 3.05) is 5.75 Å². The third kappa shape index (κ3) is 2.47. The number of sulfone groups is 1. The molecule has 0 N–H and O–H groups in total. The van der Waals surface area contributed by atoms with Crippen LogP contribution in [0.3, 0.4) is 0 Å². The van der Waals surface area contributed by atoms with Gasteiger partial charge in [-0.2, -0.15) is 0 Å². The van der Waals surface area contributed by atoms with Crippen molar-refractivity contribution < 1.29 is 8.42 Å². The first-order valence-electron chi connectivity index (χ1n) is 4.88. The standard InChI is InChI=1S/C11H11BrO2S2/c1-2-16(13,14)7-8-6-15-11-5-9(12)3-4-10(8)11/h3-6H,2,7H2,1H3. The van der Waals surface area contributed by atoms with Crippen molar-refractivity contribution in [2.45, 2.75) is 12.7 Å². The first kappa shape index (κ1) is 12.1. The predicted molar refractivity (Wildman–Crippen MR) is 72.7 cm³/mol. The summed E-state index contributed by atoms with van der Waals surface area (Å²) in [6.45, 7) is 1.68. The predicted octanol–water partition coefficient (Wildman–Crippen LogP) is 3.60. The summed E-state index contributed by atoms with van der Waals surface area (Å²) in [6.07, 6.45) is 0. The molecular weight excluding hydrogens is 308 g/mol. The van der Waals surface area contributed by atoms with Gasteiger partial charge in [-0.3, -0.25) is 0 Å². The Labute approximate surface area is 107 Å². The molecule has 1 heterocycles. The van der Waals surface area contributed by atoms with Gasteiger partial charge in [0.1, 0.15) is 0 Å². The molecule has 2 nitrogen and oxygen atoms in total. The van der Waals surface area contributed by atoms with Crippen molar-refractivity contribution in [2.24, 2.45) is 0 Å². The second-order valence-corrected chi connectivity index (χ2v) is 7.76. The monoisotopic (exact) mass is 318 g/mol. The van der Waals surface area contributed by atoms with Gasteiger partial charge < -0.3 is 0 Å². The SMILES string of the molecule is CCS(=O)(=O)Cc1csc2cc(Br)ccc12. The van der Waals surface area contributed by atoms with Crippen LogP contribution in [-0.4, -0.2) is 14.2 Å². The molecule has 0 spiro atoms. The highest BCUT2D eigenvalue weighted by molar-refractivity contribution is 9.10. The highest BCUT2D eigenvalue weighted by Crippen LogP contribution is 2.29. The molecule has 0 fully saturated rings. The quantitative estimate of drug-likeness (QED) is 0.866. The van der Waals surface area contributed by atoms with E-state index in [1.54, 1.807) is 18.3 Å². The van der Waals surface area contributed by atoms with Crippen molar-refractivity contribution in [3.05, 3.63) is 33.6 Å². The summed E-state index contributed by atoms with van der Waals surface area (Å²) in [5, 5.41) is 2.98. The van der Waals surface area contributed by atoms with Gasteiger partial charge in [0, 0.05) is 14.9 Å². The summed E-state index contributed by atoms with van der Waals surface area (Å²) >= 11 is 4.99. The minimum atomic E-state index is -2.95. The van der Waals surface area contributed by atoms with Crippen LogP contribution in [0.2, 0.25) is 0 Å². The van der Waals surface area contributed by atoms with E-state index in [0.29, 0.717) is 0 Å². The van der Waals surface area contributed by atoms with Crippen LogP contribution in [0, 0.1) is 0 Å². The van der Waals surface area contributed by atoms with Crippen LogP contribution in [0.4, 0.5) is 0 Å². The van der Waals surface area contributed by atoms with Crippen LogP contribution in [0.15, 0.2) is 28.1 Å². The van der Waals surface area contributed by atoms with Crippen LogP contribution >= 0.6 is 27.3 Å². The van der Waals surface area contributed by atoms with Gasteiger partial charge >= 0.3 is 0 Å². The second kappa shape index (κ2) is 4.47. The lowest BCUT2D eigenvalue weighted by molar-refractivity contribution is 0.596. The lowest BCUT2D eigenvalue weighted by atomic mass is 10.2. The lowest BCUT2D eigenvalue weighted by Crippen LogP contribution is -2.05. The fourth-order valence-corrected chi connectivity index (χ4v) is 4.04. The van der Waals surface area contributed by atoms with Gasteiger partial charge in [-0.25, -0.2) is 8.42 Å². The molecule has 16 heavy (non-hydrogen) atoms. The molecule has 0 atom stereocenters. The smallest absolute Gasteiger partial charge is 0.154 e. The van der Waals surface area contributed by atoms with Gasteiger partial charge in [0.15, 0.2) is 9.84 Å². The van der Waals surface area contributed by atoms with Gasteiger partial charge in [-0.05, 0) is 28.5 Å². The van der Waals surface area contributed by atoms with Gasteiger partial charge in [0.05, 0.1) is 5.75 Å². The van der Waals surface area contributed by atoms with E-state index in [2.05, 4.69) is 15.9 Å². The maximum absolute atomic E-state index is 11.6. The molecule has 0 bridgehead atoms. The molecule has 5 heteroatoms. The van der Waals surface area contributed by atoms with E-state index >= 15 is 0 Å². The molecule has 2 aromatic rings. The number of hydrogen-bond donors (Lipinski definition) is 0. The zero-order valence-corrected chi connectivity index (χ0v) is 12.0. The molecule has 0 unspecified atom stereocenters. The molecule has 0 aliphatic rings. The fourth-order valence-electron chi connectivity index (χ4n) is 1.51. The van der Waals surface area contributed by atoms with Crippen LogP contribution in [0.5, 0.6) is 0 Å². The normalized spacial score (nSPS) is 12.1. The molecule has 1 aromatic heterocycles. The third-order valence-corrected chi connectivity index (χ3v) is 5.55.